The summed E-state index contributed by atoms with van der Waals surface area (Å²) in [6.07, 6.45) is 7.06. The number of hydrogen-bond acceptors (Lipinski definition) is 4. The van der Waals surface area contributed by atoms with Crippen molar-refractivity contribution in [1.29, 1.82) is 5.26 Å². The van der Waals surface area contributed by atoms with Gasteiger partial charge in [-0.2, -0.15) is 5.26 Å². The summed E-state index contributed by atoms with van der Waals surface area (Å²) in [6, 6.07) is 6.91. The number of halogens is 1. The summed E-state index contributed by atoms with van der Waals surface area (Å²) >= 11 is 7.60. The standard InChI is InChI=1S/C14H16ClN3S/c15-10-1-4-13(17-8-10)19-12-5-6-14(7-12,9-16)18-11-2-3-11/h1,4,8,11-12,18H,2-3,5-7H2. The van der Waals surface area contributed by atoms with Gasteiger partial charge in [0, 0.05) is 17.5 Å². The number of thioether (sulfide) groups is 1. The predicted molar refractivity (Wildman–Crippen MR) is 77.2 cm³/mol. The van der Waals surface area contributed by atoms with Gasteiger partial charge in [-0.15, -0.1) is 11.8 Å². The number of nitriles is 1. The van der Waals surface area contributed by atoms with E-state index in [1.165, 1.54) is 12.8 Å². The smallest absolute Gasteiger partial charge is 0.108 e. The minimum Gasteiger partial charge on any atom is -0.297 e. The topological polar surface area (TPSA) is 48.7 Å². The molecule has 19 heavy (non-hydrogen) atoms. The minimum absolute atomic E-state index is 0.300. The van der Waals surface area contributed by atoms with Crippen LogP contribution in [-0.4, -0.2) is 21.8 Å². The Labute approximate surface area is 122 Å². The molecular weight excluding hydrogens is 278 g/mol. The SMILES string of the molecule is N#CC1(NC2CC2)CCC(Sc2ccc(Cl)cn2)C1. The fraction of sp³-hybridized carbons (Fsp3) is 0.571. The average molecular weight is 294 g/mol. The Kier molecular flexibility index (Phi) is 3.70. The van der Waals surface area contributed by atoms with E-state index in [-0.39, 0.29) is 5.54 Å². The molecule has 2 aliphatic carbocycles. The van der Waals surface area contributed by atoms with E-state index in [1.807, 2.05) is 12.1 Å². The molecule has 2 aliphatic rings. The summed E-state index contributed by atoms with van der Waals surface area (Å²) in [7, 11) is 0. The second kappa shape index (κ2) is 5.32. The molecule has 3 nitrogen and oxygen atoms in total. The van der Waals surface area contributed by atoms with E-state index < -0.39 is 0 Å². The van der Waals surface area contributed by atoms with Gasteiger partial charge in [0.25, 0.3) is 0 Å². The van der Waals surface area contributed by atoms with Crippen molar-refractivity contribution in [3.8, 4) is 6.07 Å². The van der Waals surface area contributed by atoms with Gasteiger partial charge in [0.15, 0.2) is 0 Å². The second-order valence-corrected chi connectivity index (χ2v) is 7.17. The fourth-order valence-electron chi connectivity index (χ4n) is 2.59. The highest BCUT2D eigenvalue weighted by Gasteiger charge is 2.43. The van der Waals surface area contributed by atoms with Gasteiger partial charge < -0.3 is 0 Å². The van der Waals surface area contributed by atoms with Crippen LogP contribution in [0.2, 0.25) is 5.02 Å². The van der Waals surface area contributed by atoms with Crippen LogP contribution in [0.4, 0.5) is 0 Å². The first-order valence-electron chi connectivity index (χ1n) is 6.66. The zero-order valence-corrected chi connectivity index (χ0v) is 12.2. The first-order valence-corrected chi connectivity index (χ1v) is 7.92. The van der Waals surface area contributed by atoms with Crippen LogP contribution >= 0.6 is 23.4 Å². The Hall–Kier alpha value is -0.760. The largest absolute Gasteiger partial charge is 0.297 e. The summed E-state index contributed by atoms with van der Waals surface area (Å²) in [5.74, 6) is 0. The molecule has 0 radical (unpaired) electrons. The number of pyridine rings is 1. The number of aromatic nitrogens is 1. The third-order valence-corrected chi connectivity index (χ3v) is 5.17. The van der Waals surface area contributed by atoms with Crippen molar-refractivity contribution >= 4 is 23.4 Å². The lowest BCUT2D eigenvalue weighted by atomic mass is 10.00. The fourth-order valence-corrected chi connectivity index (χ4v) is 3.90. The maximum Gasteiger partial charge on any atom is 0.108 e. The van der Waals surface area contributed by atoms with Gasteiger partial charge in [-0.25, -0.2) is 4.98 Å². The lowest BCUT2D eigenvalue weighted by molar-refractivity contribution is 0.420. The maximum atomic E-state index is 9.46. The third kappa shape index (κ3) is 3.22. The Morgan fingerprint density at radius 2 is 2.26 bits per heavy atom. The zero-order valence-electron chi connectivity index (χ0n) is 10.6. The van der Waals surface area contributed by atoms with Crippen LogP contribution in [0.1, 0.15) is 32.1 Å². The predicted octanol–water partition coefficient (Wildman–Crippen LogP) is 3.39. The molecule has 2 atom stereocenters. The van der Waals surface area contributed by atoms with Crippen molar-refractivity contribution < 1.29 is 0 Å². The molecule has 2 saturated carbocycles. The number of nitrogens with zero attached hydrogens (tertiary/aromatic N) is 2. The van der Waals surface area contributed by atoms with Gasteiger partial charge in [0.05, 0.1) is 16.1 Å². The van der Waals surface area contributed by atoms with Gasteiger partial charge in [0.2, 0.25) is 0 Å². The van der Waals surface area contributed by atoms with Crippen molar-refractivity contribution in [3.63, 3.8) is 0 Å². The van der Waals surface area contributed by atoms with Crippen LogP contribution < -0.4 is 5.32 Å². The van der Waals surface area contributed by atoms with Crippen molar-refractivity contribution in [2.24, 2.45) is 0 Å². The first-order chi connectivity index (χ1) is 9.19. The minimum atomic E-state index is -0.300. The first kappa shape index (κ1) is 13.2. The summed E-state index contributed by atoms with van der Waals surface area (Å²) < 4.78 is 0. The van der Waals surface area contributed by atoms with Gasteiger partial charge in [-0.3, -0.25) is 5.32 Å². The molecule has 0 bridgehead atoms. The van der Waals surface area contributed by atoms with E-state index in [0.717, 1.165) is 24.3 Å². The number of nitrogens with one attached hydrogen (secondary N) is 1. The van der Waals surface area contributed by atoms with Crippen molar-refractivity contribution in [2.45, 2.75) is 54.0 Å². The number of rotatable bonds is 4. The van der Waals surface area contributed by atoms with Crippen LogP contribution in [-0.2, 0) is 0 Å². The molecule has 1 aromatic heterocycles. The van der Waals surface area contributed by atoms with Crippen molar-refractivity contribution in [3.05, 3.63) is 23.4 Å². The van der Waals surface area contributed by atoms with Crippen LogP contribution in [0, 0.1) is 11.3 Å². The molecule has 0 aliphatic heterocycles. The quantitative estimate of drug-likeness (QED) is 0.924. The Morgan fingerprint density at radius 3 is 2.89 bits per heavy atom. The highest BCUT2D eigenvalue weighted by molar-refractivity contribution is 7.99. The number of hydrogen-bond donors (Lipinski definition) is 1. The van der Waals surface area contributed by atoms with E-state index in [9.17, 15) is 5.26 Å². The summed E-state index contributed by atoms with van der Waals surface area (Å²) in [6.45, 7) is 0. The summed E-state index contributed by atoms with van der Waals surface area (Å²) in [5, 5.41) is 15.1. The molecule has 0 spiro atoms. The Morgan fingerprint density at radius 1 is 1.42 bits per heavy atom. The van der Waals surface area contributed by atoms with E-state index in [0.29, 0.717) is 16.3 Å². The average Bonchev–Trinajstić information content (AvgIpc) is 3.13. The zero-order chi connectivity index (χ0) is 13.3. The van der Waals surface area contributed by atoms with Crippen molar-refractivity contribution in [1.82, 2.24) is 10.3 Å². The van der Waals surface area contributed by atoms with Crippen LogP contribution in [0.3, 0.4) is 0 Å². The molecule has 100 valence electrons. The molecule has 3 rings (SSSR count). The van der Waals surface area contributed by atoms with E-state index in [1.54, 1.807) is 18.0 Å². The van der Waals surface area contributed by atoms with E-state index >= 15 is 0 Å². The van der Waals surface area contributed by atoms with Gasteiger partial charge in [-0.05, 0) is 44.2 Å². The van der Waals surface area contributed by atoms with E-state index in [2.05, 4.69) is 16.4 Å². The van der Waals surface area contributed by atoms with Gasteiger partial charge >= 0.3 is 0 Å². The molecule has 2 fully saturated rings. The Bertz CT molecular complexity index is 494. The molecule has 1 heterocycles. The third-order valence-electron chi connectivity index (χ3n) is 3.73. The van der Waals surface area contributed by atoms with Crippen LogP contribution in [0.15, 0.2) is 23.4 Å². The second-order valence-electron chi connectivity index (χ2n) is 5.41. The van der Waals surface area contributed by atoms with Crippen molar-refractivity contribution in [2.75, 3.05) is 0 Å². The molecule has 2 unspecified atom stereocenters. The summed E-state index contributed by atoms with van der Waals surface area (Å²) in [4.78, 5) is 4.32. The Balaban J connectivity index is 1.61. The van der Waals surface area contributed by atoms with Crippen LogP contribution in [0.25, 0.3) is 0 Å². The molecule has 0 aromatic carbocycles. The highest BCUT2D eigenvalue weighted by Crippen LogP contribution is 2.41. The maximum absolute atomic E-state index is 9.46. The molecular formula is C14H16ClN3S. The molecule has 1 aromatic rings. The normalized spacial score (nSPS) is 30.2. The monoisotopic (exact) mass is 293 g/mol. The molecule has 1 N–H and O–H groups in total. The summed E-state index contributed by atoms with van der Waals surface area (Å²) in [5.41, 5.74) is -0.300. The molecule has 5 heteroatoms. The van der Waals surface area contributed by atoms with Crippen LogP contribution in [0.5, 0.6) is 0 Å². The molecule has 0 amide bonds. The lowest BCUT2D eigenvalue weighted by Gasteiger charge is -2.22. The molecule has 0 saturated heterocycles. The lowest BCUT2D eigenvalue weighted by Crippen LogP contribution is -2.43. The van der Waals surface area contributed by atoms with E-state index in [4.69, 9.17) is 11.6 Å². The van der Waals surface area contributed by atoms with Gasteiger partial charge in [0.1, 0.15) is 5.54 Å². The highest BCUT2D eigenvalue weighted by atomic mass is 35.5. The van der Waals surface area contributed by atoms with Gasteiger partial charge in [-0.1, -0.05) is 11.6 Å².